The Bertz CT molecular complexity index is 288. The molecule has 1 aromatic rings. The number of rotatable bonds is 2. The summed E-state index contributed by atoms with van der Waals surface area (Å²) in [6, 6.07) is 2.50. The summed E-state index contributed by atoms with van der Waals surface area (Å²) in [5.41, 5.74) is 1.95. The molecule has 0 radical (unpaired) electrons. The molecule has 3 nitrogen and oxygen atoms in total. The predicted octanol–water partition coefficient (Wildman–Crippen LogP) is 2.02. The smallest absolute Gasteiger partial charge is 0.317 e. The Balaban J connectivity index is 2.10. The van der Waals surface area contributed by atoms with E-state index < -0.39 is 0 Å². The van der Waals surface area contributed by atoms with E-state index in [2.05, 4.69) is 9.97 Å². The lowest BCUT2D eigenvalue weighted by Crippen LogP contribution is -2.25. The van der Waals surface area contributed by atoms with Gasteiger partial charge in [-0.15, -0.1) is 0 Å². The second-order valence-electron chi connectivity index (χ2n) is 3.60. The first-order chi connectivity index (χ1) is 6.24. The average molecular weight is 178 g/mol. The lowest BCUT2D eigenvalue weighted by molar-refractivity contribution is 0.108. The van der Waals surface area contributed by atoms with Gasteiger partial charge in [-0.3, -0.25) is 0 Å². The summed E-state index contributed by atoms with van der Waals surface area (Å²) in [5, 5.41) is 0. The molecule has 0 unspecified atom stereocenters. The van der Waals surface area contributed by atoms with E-state index >= 15 is 0 Å². The third-order valence-electron chi connectivity index (χ3n) is 2.29. The molecule has 0 amide bonds. The van der Waals surface area contributed by atoms with Gasteiger partial charge in [0.05, 0.1) is 0 Å². The van der Waals surface area contributed by atoms with Crippen molar-refractivity contribution in [3.63, 3.8) is 0 Å². The standard InChI is InChI=1S/C10H14N2O/c1-7-6-8(2)12-10(11-7)13-9-4-3-5-9/h6,9H,3-5H2,1-2H3. The minimum atomic E-state index is 0.362. The van der Waals surface area contributed by atoms with E-state index in [-0.39, 0.29) is 0 Å². The Hall–Kier alpha value is -1.12. The van der Waals surface area contributed by atoms with Crippen LogP contribution in [0.2, 0.25) is 0 Å². The van der Waals surface area contributed by atoms with Gasteiger partial charge in [0.1, 0.15) is 6.10 Å². The highest BCUT2D eigenvalue weighted by molar-refractivity contribution is 5.11. The van der Waals surface area contributed by atoms with Crippen LogP contribution in [0, 0.1) is 13.8 Å². The fourth-order valence-corrected chi connectivity index (χ4v) is 1.38. The van der Waals surface area contributed by atoms with Gasteiger partial charge in [0, 0.05) is 11.4 Å². The Morgan fingerprint density at radius 3 is 2.31 bits per heavy atom. The van der Waals surface area contributed by atoms with Crippen LogP contribution in [0.1, 0.15) is 30.7 Å². The van der Waals surface area contributed by atoms with Gasteiger partial charge in [-0.2, -0.15) is 0 Å². The molecule has 70 valence electrons. The van der Waals surface area contributed by atoms with Gasteiger partial charge in [-0.1, -0.05) is 0 Å². The van der Waals surface area contributed by atoms with Crippen molar-refractivity contribution < 1.29 is 4.74 Å². The fraction of sp³-hybridized carbons (Fsp3) is 0.600. The number of aryl methyl sites for hydroxylation is 2. The van der Waals surface area contributed by atoms with E-state index in [9.17, 15) is 0 Å². The number of ether oxygens (including phenoxy) is 1. The van der Waals surface area contributed by atoms with Crippen LogP contribution in [0.3, 0.4) is 0 Å². The lowest BCUT2D eigenvalue weighted by Gasteiger charge is -2.25. The topological polar surface area (TPSA) is 35.0 Å². The van der Waals surface area contributed by atoms with Crippen LogP contribution in [0.15, 0.2) is 6.07 Å². The normalized spacial score (nSPS) is 16.8. The minimum Gasteiger partial charge on any atom is -0.460 e. The molecule has 0 spiro atoms. The van der Waals surface area contributed by atoms with E-state index in [1.165, 1.54) is 6.42 Å². The molecule has 1 aromatic heterocycles. The molecule has 1 aliphatic rings. The number of hydrogen-bond acceptors (Lipinski definition) is 3. The van der Waals surface area contributed by atoms with E-state index in [1.54, 1.807) is 0 Å². The molecular formula is C10H14N2O. The maximum Gasteiger partial charge on any atom is 0.317 e. The van der Waals surface area contributed by atoms with Crippen molar-refractivity contribution in [2.75, 3.05) is 0 Å². The van der Waals surface area contributed by atoms with Gasteiger partial charge < -0.3 is 4.74 Å². The van der Waals surface area contributed by atoms with Gasteiger partial charge in [0.25, 0.3) is 0 Å². The van der Waals surface area contributed by atoms with Crippen molar-refractivity contribution in [1.82, 2.24) is 9.97 Å². The summed E-state index contributed by atoms with van der Waals surface area (Å²) in [7, 11) is 0. The summed E-state index contributed by atoms with van der Waals surface area (Å²) in [4.78, 5) is 8.44. The molecule has 0 saturated heterocycles. The van der Waals surface area contributed by atoms with Crippen LogP contribution in [0.4, 0.5) is 0 Å². The van der Waals surface area contributed by atoms with Crippen molar-refractivity contribution in [2.24, 2.45) is 0 Å². The van der Waals surface area contributed by atoms with E-state index in [0.29, 0.717) is 12.1 Å². The molecule has 0 N–H and O–H groups in total. The largest absolute Gasteiger partial charge is 0.460 e. The third-order valence-corrected chi connectivity index (χ3v) is 2.29. The summed E-state index contributed by atoms with van der Waals surface area (Å²) in [6.45, 7) is 3.92. The molecular weight excluding hydrogens is 164 g/mol. The van der Waals surface area contributed by atoms with Crippen LogP contribution in [0.5, 0.6) is 6.01 Å². The maximum atomic E-state index is 5.59. The second kappa shape index (κ2) is 3.32. The molecule has 1 heterocycles. The van der Waals surface area contributed by atoms with Gasteiger partial charge in [0.2, 0.25) is 0 Å². The van der Waals surface area contributed by atoms with Crippen molar-refractivity contribution in [3.8, 4) is 6.01 Å². The Morgan fingerprint density at radius 1 is 1.23 bits per heavy atom. The molecule has 0 aliphatic heterocycles. The molecule has 2 rings (SSSR count). The minimum absolute atomic E-state index is 0.362. The summed E-state index contributed by atoms with van der Waals surface area (Å²) < 4.78 is 5.59. The van der Waals surface area contributed by atoms with Crippen LogP contribution < -0.4 is 4.74 Å². The first-order valence-corrected chi connectivity index (χ1v) is 4.73. The Morgan fingerprint density at radius 2 is 1.85 bits per heavy atom. The van der Waals surface area contributed by atoms with Crippen LogP contribution >= 0.6 is 0 Å². The zero-order valence-electron chi connectivity index (χ0n) is 8.08. The quantitative estimate of drug-likeness (QED) is 0.695. The van der Waals surface area contributed by atoms with Crippen LogP contribution in [-0.4, -0.2) is 16.1 Å². The highest BCUT2D eigenvalue weighted by Gasteiger charge is 2.20. The van der Waals surface area contributed by atoms with Gasteiger partial charge in [0.15, 0.2) is 0 Å². The van der Waals surface area contributed by atoms with E-state index in [0.717, 1.165) is 24.2 Å². The average Bonchev–Trinajstić information content (AvgIpc) is 1.95. The lowest BCUT2D eigenvalue weighted by atomic mass is 9.96. The van der Waals surface area contributed by atoms with Gasteiger partial charge in [-0.05, 0) is 39.2 Å². The Kier molecular flexibility index (Phi) is 2.17. The summed E-state index contributed by atoms with van der Waals surface area (Å²) in [6.07, 6.45) is 3.93. The molecule has 1 saturated carbocycles. The highest BCUT2D eigenvalue weighted by atomic mass is 16.5. The fourth-order valence-electron chi connectivity index (χ4n) is 1.38. The number of aromatic nitrogens is 2. The van der Waals surface area contributed by atoms with Crippen molar-refractivity contribution in [1.29, 1.82) is 0 Å². The van der Waals surface area contributed by atoms with E-state index in [4.69, 9.17) is 4.74 Å². The van der Waals surface area contributed by atoms with Crippen molar-refractivity contribution >= 4 is 0 Å². The molecule has 0 aromatic carbocycles. The predicted molar refractivity (Wildman–Crippen MR) is 49.8 cm³/mol. The van der Waals surface area contributed by atoms with Crippen LogP contribution in [0.25, 0.3) is 0 Å². The van der Waals surface area contributed by atoms with Gasteiger partial charge in [-0.25, -0.2) is 9.97 Å². The molecule has 3 heteroatoms. The molecule has 1 fully saturated rings. The maximum absolute atomic E-state index is 5.59. The molecule has 13 heavy (non-hydrogen) atoms. The molecule has 0 atom stereocenters. The number of nitrogens with zero attached hydrogens (tertiary/aromatic N) is 2. The summed E-state index contributed by atoms with van der Waals surface area (Å²) in [5.74, 6) is 0. The number of hydrogen-bond donors (Lipinski definition) is 0. The zero-order valence-corrected chi connectivity index (χ0v) is 8.08. The van der Waals surface area contributed by atoms with Crippen molar-refractivity contribution in [3.05, 3.63) is 17.5 Å². The molecule has 0 bridgehead atoms. The Labute approximate surface area is 78.2 Å². The van der Waals surface area contributed by atoms with E-state index in [1.807, 2.05) is 19.9 Å². The van der Waals surface area contributed by atoms with Gasteiger partial charge >= 0.3 is 6.01 Å². The second-order valence-corrected chi connectivity index (χ2v) is 3.60. The summed E-state index contributed by atoms with van der Waals surface area (Å²) >= 11 is 0. The highest BCUT2D eigenvalue weighted by Crippen LogP contribution is 2.23. The first-order valence-electron chi connectivity index (χ1n) is 4.73. The van der Waals surface area contributed by atoms with Crippen LogP contribution in [-0.2, 0) is 0 Å². The SMILES string of the molecule is Cc1cc(C)nc(OC2CCC2)n1. The third kappa shape index (κ3) is 1.97. The molecule has 1 aliphatic carbocycles. The first kappa shape index (κ1) is 8.48. The zero-order chi connectivity index (χ0) is 9.26. The monoisotopic (exact) mass is 178 g/mol. The van der Waals surface area contributed by atoms with Crippen molar-refractivity contribution in [2.45, 2.75) is 39.2 Å².